The molecule has 0 radical (unpaired) electrons. The standard InChI is InChI=1S/C10H13NO/c1-7-3-2-4-8-5-9(6-11)12-10(7)8/h2-4,9H,5-6,11H2,1H3/t9-/m1/s1. The summed E-state index contributed by atoms with van der Waals surface area (Å²) in [5, 5.41) is 0. The van der Waals surface area contributed by atoms with E-state index in [2.05, 4.69) is 25.1 Å². The van der Waals surface area contributed by atoms with Crippen molar-refractivity contribution in [3.05, 3.63) is 29.3 Å². The van der Waals surface area contributed by atoms with Crippen LogP contribution in [0.5, 0.6) is 5.75 Å². The monoisotopic (exact) mass is 163 g/mol. The molecule has 12 heavy (non-hydrogen) atoms. The van der Waals surface area contributed by atoms with E-state index < -0.39 is 0 Å². The number of fused-ring (bicyclic) bond motifs is 1. The van der Waals surface area contributed by atoms with Gasteiger partial charge in [-0.15, -0.1) is 0 Å². The average molecular weight is 163 g/mol. The zero-order chi connectivity index (χ0) is 8.55. The Kier molecular flexibility index (Phi) is 1.77. The molecule has 2 rings (SSSR count). The van der Waals surface area contributed by atoms with Crippen LogP contribution in [0.2, 0.25) is 0 Å². The van der Waals surface area contributed by atoms with E-state index in [0.717, 1.165) is 12.2 Å². The maximum absolute atomic E-state index is 5.66. The minimum Gasteiger partial charge on any atom is -0.488 e. The van der Waals surface area contributed by atoms with Gasteiger partial charge in [0.05, 0.1) is 0 Å². The highest BCUT2D eigenvalue weighted by Gasteiger charge is 2.22. The maximum atomic E-state index is 5.66. The second-order valence-corrected chi connectivity index (χ2v) is 3.24. The lowest BCUT2D eigenvalue weighted by molar-refractivity contribution is 0.240. The Morgan fingerprint density at radius 1 is 1.58 bits per heavy atom. The van der Waals surface area contributed by atoms with Crippen LogP contribution in [0.1, 0.15) is 11.1 Å². The summed E-state index contributed by atoms with van der Waals surface area (Å²) in [6.07, 6.45) is 1.16. The number of rotatable bonds is 1. The first-order chi connectivity index (χ1) is 5.81. The molecule has 1 aromatic rings. The first-order valence-electron chi connectivity index (χ1n) is 4.26. The van der Waals surface area contributed by atoms with Crippen LogP contribution in [0.25, 0.3) is 0 Å². The summed E-state index contributed by atoms with van der Waals surface area (Å²) in [6, 6.07) is 6.24. The molecule has 0 aliphatic carbocycles. The fourth-order valence-corrected chi connectivity index (χ4v) is 1.63. The molecule has 0 bridgehead atoms. The average Bonchev–Trinajstić information content (AvgIpc) is 2.49. The van der Waals surface area contributed by atoms with Crippen molar-refractivity contribution in [3.8, 4) is 5.75 Å². The summed E-state index contributed by atoms with van der Waals surface area (Å²) in [4.78, 5) is 0. The normalized spacial score (nSPS) is 20.3. The van der Waals surface area contributed by atoms with E-state index in [1.54, 1.807) is 0 Å². The van der Waals surface area contributed by atoms with E-state index in [1.165, 1.54) is 11.1 Å². The molecule has 1 aromatic carbocycles. The Morgan fingerprint density at radius 2 is 2.42 bits per heavy atom. The van der Waals surface area contributed by atoms with Crippen LogP contribution in [0.15, 0.2) is 18.2 Å². The molecule has 2 N–H and O–H groups in total. The molecule has 0 unspecified atom stereocenters. The molecule has 1 heterocycles. The fourth-order valence-electron chi connectivity index (χ4n) is 1.63. The largest absolute Gasteiger partial charge is 0.488 e. The van der Waals surface area contributed by atoms with Gasteiger partial charge in [0.15, 0.2) is 0 Å². The number of para-hydroxylation sites is 1. The van der Waals surface area contributed by atoms with Gasteiger partial charge in [0, 0.05) is 13.0 Å². The zero-order valence-corrected chi connectivity index (χ0v) is 7.21. The van der Waals surface area contributed by atoms with E-state index >= 15 is 0 Å². The third kappa shape index (κ3) is 1.08. The second kappa shape index (κ2) is 2.79. The van der Waals surface area contributed by atoms with E-state index in [9.17, 15) is 0 Å². The van der Waals surface area contributed by atoms with Crippen molar-refractivity contribution >= 4 is 0 Å². The highest BCUT2D eigenvalue weighted by atomic mass is 16.5. The van der Waals surface area contributed by atoms with Gasteiger partial charge in [-0.3, -0.25) is 0 Å². The molecular weight excluding hydrogens is 150 g/mol. The van der Waals surface area contributed by atoms with Gasteiger partial charge < -0.3 is 10.5 Å². The number of hydrogen-bond acceptors (Lipinski definition) is 2. The Morgan fingerprint density at radius 3 is 3.08 bits per heavy atom. The van der Waals surface area contributed by atoms with Gasteiger partial charge in [0.2, 0.25) is 0 Å². The smallest absolute Gasteiger partial charge is 0.126 e. The van der Waals surface area contributed by atoms with E-state index in [4.69, 9.17) is 10.5 Å². The Bertz CT molecular complexity index is 296. The van der Waals surface area contributed by atoms with Crippen molar-refractivity contribution in [1.29, 1.82) is 0 Å². The number of ether oxygens (including phenoxy) is 1. The number of nitrogens with two attached hydrogens (primary N) is 1. The van der Waals surface area contributed by atoms with Crippen LogP contribution in [0.4, 0.5) is 0 Å². The Balaban J connectivity index is 2.35. The molecule has 2 nitrogen and oxygen atoms in total. The molecule has 1 aliphatic heterocycles. The molecule has 64 valence electrons. The Hall–Kier alpha value is -1.02. The van der Waals surface area contributed by atoms with E-state index in [0.29, 0.717) is 6.54 Å². The van der Waals surface area contributed by atoms with Crippen LogP contribution in [-0.2, 0) is 6.42 Å². The molecule has 1 atom stereocenters. The molecule has 0 spiro atoms. The zero-order valence-electron chi connectivity index (χ0n) is 7.21. The summed E-state index contributed by atoms with van der Waals surface area (Å²) < 4.78 is 5.66. The van der Waals surface area contributed by atoms with Crippen LogP contribution in [-0.4, -0.2) is 12.6 Å². The molecular formula is C10H13NO. The summed E-state index contributed by atoms with van der Waals surface area (Å²) in [6.45, 7) is 2.67. The number of hydrogen-bond donors (Lipinski definition) is 1. The van der Waals surface area contributed by atoms with Gasteiger partial charge in [-0.05, 0) is 18.1 Å². The van der Waals surface area contributed by atoms with Gasteiger partial charge in [-0.2, -0.15) is 0 Å². The summed E-state index contributed by atoms with van der Waals surface area (Å²) in [5.74, 6) is 1.05. The van der Waals surface area contributed by atoms with Crippen LogP contribution < -0.4 is 10.5 Å². The first kappa shape index (κ1) is 7.62. The Labute approximate surface area is 72.3 Å². The lowest BCUT2D eigenvalue weighted by Crippen LogP contribution is -2.24. The quantitative estimate of drug-likeness (QED) is 0.676. The van der Waals surface area contributed by atoms with Crippen molar-refractivity contribution in [2.24, 2.45) is 5.73 Å². The molecule has 0 fully saturated rings. The highest BCUT2D eigenvalue weighted by molar-refractivity contribution is 5.43. The fraction of sp³-hybridized carbons (Fsp3) is 0.400. The van der Waals surface area contributed by atoms with Gasteiger partial charge in [0.1, 0.15) is 11.9 Å². The van der Waals surface area contributed by atoms with Crippen LogP contribution in [0.3, 0.4) is 0 Å². The van der Waals surface area contributed by atoms with E-state index in [-0.39, 0.29) is 6.10 Å². The summed E-state index contributed by atoms with van der Waals surface area (Å²) >= 11 is 0. The minimum absolute atomic E-state index is 0.195. The first-order valence-corrected chi connectivity index (χ1v) is 4.26. The SMILES string of the molecule is Cc1cccc2c1O[C@@H](CN)C2. The van der Waals surface area contributed by atoms with Crippen molar-refractivity contribution in [2.75, 3.05) is 6.54 Å². The molecule has 2 heteroatoms. The van der Waals surface area contributed by atoms with Crippen molar-refractivity contribution < 1.29 is 4.74 Å². The van der Waals surface area contributed by atoms with Crippen molar-refractivity contribution in [1.82, 2.24) is 0 Å². The van der Waals surface area contributed by atoms with Crippen molar-refractivity contribution in [3.63, 3.8) is 0 Å². The summed E-state index contributed by atoms with van der Waals surface area (Å²) in [5.41, 5.74) is 8.05. The molecule has 0 aromatic heterocycles. The van der Waals surface area contributed by atoms with Gasteiger partial charge >= 0.3 is 0 Å². The second-order valence-electron chi connectivity index (χ2n) is 3.24. The van der Waals surface area contributed by atoms with Gasteiger partial charge in [-0.1, -0.05) is 18.2 Å². The molecule has 1 aliphatic rings. The number of benzene rings is 1. The van der Waals surface area contributed by atoms with E-state index in [1.807, 2.05) is 0 Å². The maximum Gasteiger partial charge on any atom is 0.126 e. The number of aryl methyl sites for hydroxylation is 1. The van der Waals surface area contributed by atoms with Gasteiger partial charge in [0.25, 0.3) is 0 Å². The predicted molar refractivity (Wildman–Crippen MR) is 48.4 cm³/mol. The summed E-state index contributed by atoms with van der Waals surface area (Å²) in [7, 11) is 0. The predicted octanol–water partition coefficient (Wildman–Crippen LogP) is 1.26. The third-order valence-electron chi connectivity index (χ3n) is 2.29. The minimum atomic E-state index is 0.195. The van der Waals surface area contributed by atoms with Crippen LogP contribution >= 0.6 is 0 Å². The lowest BCUT2D eigenvalue weighted by atomic mass is 10.1. The molecule has 0 saturated carbocycles. The topological polar surface area (TPSA) is 35.2 Å². The highest BCUT2D eigenvalue weighted by Crippen LogP contribution is 2.31. The molecule has 0 saturated heterocycles. The van der Waals surface area contributed by atoms with Gasteiger partial charge in [-0.25, -0.2) is 0 Å². The van der Waals surface area contributed by atoms with Crippen molar-refractivity contribution in [2.45, 2.75) is 19.4 Å². The molecule has 0 amide bonds. The third-order valence-corrected chi connectivity index (χ3v) is 2.29. The lowest BCUT2D eigenvalue weighted by Gasteiger charge is -2.07. The van der Waals surface area contributed by atoms with Crippen LogP contribution in [0, 0.1) is 6.92 Å².